The van der Waals surface area contributed by atoms with Crippen molar-refractivity contribution in [1.29, 1.82) is 0 Å². The molecular weight excluding hydrogens is 278 g/mol. The maximum Gasteiger partial charge on any atom is 0.250 e. The zero-order valence-electron chi connectivity index (χ0n) is 11.8. The first-order valence-electron chi connectivity index (χ1n) is 6.15. The van der Waals surface area contributed by atoms with Gasteiger partial charge in [-0.25, -0.2) is 0 Å². The zero-order chi connectivity index (χ0) is 15.2. The largest absolute Gasteiger partial charge is 0.384 e. The molecule has 0 spiro atoms. The highest BCUT2D eigenvalue weighted by molar-refractivity contribution is 6.30. The van der Waals surface area contributed by atoms with Crippen LogP contribution in [0.25, 0.3) is 0 Å². The van der Waals surface area contributed by atoms with Crippen molar-refractivity contribution in [3.05, 3.63) is 28.8 Å². The third-order valence-electron chi connectivity index (χ3n) is 2.19. The number of hydrogen-bond acceptors (Lipinski definition) is 3. The lowest BCUT2D eigenvalue weighted by Crippen LogP contribution is -2.27. The Bertz CT molecular complexity index is 538. The van der Waals surface area contributed by atoms with Crippen LogP contribution >= 0.6 is 11.6 Å². The van der Waals surface area contributed by atoms with Crippen LogP contribution in [0.5, 0.6) is 0 Å². The maximum atomic E-state index is 11.8. The molecule has 0 saturated carbocycles. The number of hydrogen-bond donors (Lipinski definition) is 2. The van der Waals surface area contributed by atoms with Crippen LogP contribution in [-0.4, -0.2) is 29.8 Å². The minimum absolute atomic E-state index is 0.0427. The van der Waals surface area contributed by atoms with Crippen LogP contribution in [0.4, 0.5) is 5.69 Å². The van der Waals surface area contributed by atoms with Crippen molar-refractivity contribution in [2.24, 2.45) is 0 Å². The molecule has 0 aromatic heterocycles. The van der Waals surface area contributed by atoms with E-state index in [9.17, 15) is 4.79 Å². The molecule has 0 aliphatic heterocycles. The van der Waals surface area contributed by atoms with Gasteiger partial charge in [0.1, 0.15) is 13.2 Å². The fraction of sp³-hybridized carbons (Fsp3) is 0.400. The quantitative estimate of drug-likeness (QED) is 0.842. The van der Waals surface area contributed by atoms with Crippen LogP contribution in [0.15, 0.2) is 18.2 Å². The lowest BCUT2D eigenvalue weighted by molar-refractivity contribution is -0.125. The molecule has 0 fully saturated rings. The monoisotopic (exact) mass is 295 g/mol. The van der Waals surface area contributed by atoms with E-state index < -0.39 is 0 Å². The third kappa shape index (κ3) is 6.07. The van der Waals surface area contributed by atoms with Gasteiger partial charge in [0.25, 0.3) is 0 Å². The Balaban J connectivity index is 2.79. The van der Waals surface area contributed by atoms with Crippen LogP contribution in [0.1, 0.15) is 26.3 Å². The number of carbonyl (C=O) groups is 1. The van der Waals surface area contributed by atoms with Gasteiger partial charge in [-0.15, -0.1) is 0 Å². The Labute approximate surface area is 124 Å². The summed E-state index contributed by atoms with van der Waals surface area (Å²) in [4.78, 5) is 11.8. The summed E-state index contributed by atoms with van der Waals surface area (Å²) in [6, 6.07) is 4.95. The number of amides is 1. The number of carbonyl (C=O) groups excluding carboxylic acids is 1. The lowest BCUT2D eigenvalue weighted by atomic mass is 10.1. The van der Waals surface area contributed by atoms with E-state index in [-0.39, 0.29) is 24.7 Å². The smallest absolute Gasteiger partial charge is 0.250 e. The van der Waals surface area contributed by atoms with Crippen molar-refractivity contribution in [1.82, 2.24) is 0 Å². The molecule has 1 aromatic rings. The average Bonchev–Trinajstić information content (AvgIpc) is 2.36. The molecule has 0 bridgehead atoms. The van der Waals surface area contributed by atoms with Crippen molar-refractivity contribution in [3.8, 4) is 11.8 Å². The molecule has 0 aliphatic carbocycles. The number of nitrogens with one attached hydrogen (secondary N) is 1. The number of benzene rings is 1. The predicted octanol–water partition coefficient (Wildman–Crippen LogP) is 2.44. The third-order valence-corrected chi connectivity index (χ3v) is 2.43. The molecule has 0 radical (unpaired) electrons. The van der Waals surface area contributed by atoms with Crippen LogP contribution in [0.2, 0.25) is 5.02 Å². The molecule has 0 unspecified atom stereocenters. The van der Waals surface area contributed by atoms with Gasteiger partial charge < -0.3 is 15.2 Å². The normalized spacial score (nSPS) is 10.7. The van der Waals surface area contributed by atoms with Gasteiger partial charge in [-0.1, -0.05) is 23.4 Å². The summed E-state index contributed by atoms with van der Waals surface area (Å²) in [5, 5.41) is 12.0. The van der Waals surface area contributed by atoms with E-state index in [0.717, 1.165) is 0 Å². The molecule has 0 aliphatic rings. The number of anilines is 1. The number of rotatable bonds is 3. The Morgan fingerprint density at radius 3 is 2.75 bits per heavy atom. The summed E-state index contributed by atoms with van der Waals surface area (Å²) in [7, 11) is 0. The van der Waals surface area contributed by atoms with Gasteiger partial charge in [0.2, 0.25) is 5.91 Å². The minimum Gasteiger partial charge on any atom is -0.384 e. The van der Waals surface area contributed by atoms with E-state index in [2.05, 4.69) is 17.2 Å². The zero-order valence-corrected chi connectivity index (χ0v) is 12.5. The Hall–Kier alpha value is -1.54. The average molecular weight is 296 g/mol. The molecule has 4 nitrogen and oxygen atoms in total. The highest BCUT2D eigenvalue weighted by Crippen LogP contribution is 2.20. The molecule has 5 heteroatoms. The molecule has 20 heavy (non-hydrogen) atoms. The first-order chi connectivity index (χ1) is 9.31. The Morgan fingerprint density at radius 1 is 1.45 bits per heavy atom. The summed E-state index contributed by atoms with van der Waals surface area (Å²) in [5.74, 6) is 5.00. The highest BCUT2D eigenvalue weighted by Gasteiger charge is 2.13. The summed E-state index contributed by atoms with van der Waals surface area (Å²) in [6.45, 7) is 5.33. The summed E-state index contributed by atoms with van der Waals surface area (Å²) >= 11 is 5.89. The number of halogens is 1. The van der Waals surface area contributed by atoms with Gasteiger partial charge in [-0.05, 0) is 39.0 Å². The van der Waals surface area contributed by atoms with Gasteiger partial charge in [-0.2, -0.15) is 0 Å². The minimum atomic E-state index is -0.378. The van der Waals surface area contributed by atoms with Crippen LogP contribution in [0.3, 0.4) is 0 Å². The SMILES string of the molecule is CC(C)(C)OCC(=O)Nc1ccc(Cl)cc1C#CCO. The van der Waals surface area contributed by atoms with Gasteiger partial charge in [0.05, 0.1) is 11.3 Å². The number of aliphatic hydroxyl groups is 1. The van der Waals surface area contributed by atoms with Crippen molar-refractivity contribution < 1.29 is 14.6 Å². The maximum absolute atomic E-state index is 11.8. The number of aliphatic hydroxyl groups excluding tert-OH is 1. The summed E-state index contributed by atoms with van der Waals surface area (Å²) in [5.41, 5.74) is 0.713. The van der Waals surface area contributed by atoms with E-state index in [1.54, 1.807) is 18.2 Å². The fourth-order valence-corrected chi connectivity index (χ4v) is 1.50. The molecule has 1 amide bonds. The van der Waals surface area contributed by atoms with E-state index >= 15 is 0 Å². The highest BCUT2D eigenvalue weighted by atomic mass is 35.5. The van der Waals surface area contributed by atoms with E-state index in [4.69, 9.17) is 21.4 Å². The van der Waals surface area contributed by atoms with Gasteiger partial charge in [-0.3, -0.25) is 4.79 Å². The van der Waals surface area contributed by atoms with Crippen LogP contribution < -0.4 is 5.32 Å². The molecule has 2 N–H and O–H groups in total. The Kier molecular flexibility index (Phi) is 6.03. The Morgan fingerprint density at radius 2 is 2.15 bits per heavy atom. The fourth-order valence-electron chi connectivity index (χ4n) is 1.33. The molecule has 1 rings (SSSR count). The molecular formula is C15H18ClNO3. The molecule has 108 valence electrons. The van der Waals surface area contributed by atoms with Crippen LogP contribution in [-0.2, 0) is 9.53 Å². The lowest BCUT2D eigenvalue weighted by Gasteiger charge is -2.19. The van der Waals surface area contributed by atoms with Crippen LogP contribution in [0, 0.1) is 11.8 Å². The summed E-state index contributed by atoms with van der Waals surface area (Å²) < 4.78 is 5.39. The topological polar surface area (TPSA) is 58.6 Å². The summed E-state index contributed by atoms with van der Waals surface area (Å²) in [6.07, 6.45) is 0. The van der Waals surface area contributed by atoms with Gasteiger partial charge in [0.15, 0.2) is 0 Å². The standard InChI is InChI=1S/C15H18ClNO3/c1-15(2,3)20-10-14(19)17-13-7-6-12(16)9-11(13)5-4-8-18/h6-7,9,18H,8,10H2,1-3H3,(H,17,19). The van der Waals surface area contributed by atoms with E-state index in [1.807, 2.05) is 20.8 Å². The first kappa shape index (κ1) is 16.5. The van der Waals surface area contributed by atoms with Gasteiger partial charge in [0, 0.05) is 10.6 Å². The van der Waals surface area contributed by atoms with Crippen molar-refractivity contribution in [2.45, 2.75) is 26.4 Å². The second kappa shape index (κ2) is 7.30. The number of ether oxygens (including phenoxy) is 1. The molecule has 1 aromatic carbocycles. The van der Waals surface area contributed by atoms with Gasteiger partial charge >= 0.3 is 0 Å². The van der Waals surface area contributed by atoms with Crippen molar-refractivity contribution in [3.63, 3.8) is 0 Å². The van der Waals surface area contributed by atoms with Crippen molar-refractivity contribution in [2.75, 3.05) is 18.5 Å². The second-order valence-electron chi connectivity index (χ2n) is 5.10. The van der Waals surface area contributed by atoms with Crippen molar-refractivity contribution >= 4 is 23.2 Å². The first-order valence-corrected chi connectivity index (χ1v) is 6.53. The second-order valence-corrected chi connectivity index (χ2v) is 5.54. The molecule has 0 saturated heterocycles. The predicted molar refractivity (Wildman–Crippen MR) is 79.8 cm³/mol. The van der Waals surface area contributed by atoms with E-state index in [1.165, 1.54) is 0 Å². The molecule has 0 heterocycles. The molecule has 0 atom stereocenters. The van der Waals surface area contributed by atoms with E-state index in [0.29, 0.717) is 16.3 Å².